The zero-order valence-electron chi connectivity index (χ0n) is 17.0. The smallest absolute Gasteiger partial charge is 0.232 e. The predicted octanol–water partition coefficient (Wildman–Crippen LogP) is 4.53. The zero-order valence-corrected chi connectivity index (χ0v) is 19.4. The van der Waals surface area contributed by atoms with Crippen LogP contribution in [0.25, 0.3) is 0 Å². The molecule has 8 heteroatoms. The Morgan fingerprint density at radius 1 is 1.00 bits per heavy atom. The van der Waals surface area contributed by atoms with E-state index in [0.29, 0.717) is 34.3 Å². The number of hydrogen-bond donors (Lipinski definition) is 2. The molecule has 3 aromatic carbocycles. The predicted molar refractivity (Wildman–Crippen MR) is 127 cm³/mol. The van der Waals surface area contributed by atoms with E-state index in [-0.39, 0.29) is 16.6 Å². The monoisotopic (exact) mass is 512 g/mol. The van der Waals surface area contributed by atoms with Gasteiger partial charge in [0, 0.05) is 16.6 Å². The second kappa shape index (κ2) is 9.26. The summed E-state index contributed by atoms with van der Waals surface area (Å²) in [5.74, 6) is -1.76. The molecule has 0 aromatic heterocycles. The first kappa shape index (κ1) is 22.2. The molecule has 0 saturated heterocycles. The molecule has 0 bridgehead atoms. The number of para-hydroxylation sites is 1. The van der Waals surface area contributed by atoms with Gasteiger partial charge in [0.1, 0.15) is 0 Å². The molecule has 1 aliphatic heterocycles. The van der Waals surface area contributed by atoms with E-state index < -0.39 is 21.7 Å². The van der Waals surface area contributed by atoms with Gasteiger partial charge in [-0.05, 0) is 63.8 Å². The third-order valence-electron chi connectivity index (χ3n) is 5.37. The van der Waals surface area contributed by atoms with Gasteiger partial charge in [0.05, 0.1) is 22.3 Å². The van der Waals surface area contributed by atoms with Gasteiger partial charge in [-0.3, -0.25) is 9.59 Å². The van der Waals surface area contributed by atoms with Crippen molar-refractivity contribution in [1.29, 1.82) is 0 Å². The zero-order chi connectivity index (χ0) is 22.7. The normalized spacial score (nSPS) is 14.2. The second-order valence-electron chi connectivity index (χ2n) is 7.58. The maximum Gasteiger partial charge on any atom is 0.232 e. The summed E-state index contributed by atoms with van der Waals surface area (Å²) in [6, 6.07) is 20.7. The van der Waals surface area contributed by atoms with Crippen LogP contribution in [-0.2, 0) is 25.8 Å². The number of hydrogen-bond acceptors (Lipinski definition) is 4. The lowest BCUT2D eigenvalue weighted by molar-refractivity contribution is -0.117. The Hall–Kier alpha value is -2.97. The Morgan fingerprint density at radius 2 is 1.72 bits per heavy atom. The van der Waals surface area contributed by atoms with Crippen LogP contribution in [0.5, 0.6) is 0 Å². The van der Waals surface area contributed by atoms with Gasteiger partial charge in [0.25, 0.3) is 0 Å². The van der Waals surface area contributed by atoms with E-state index in [2.05, 4.69) is 26.6 Å². The molecule has 6 nitrogen and oxygen atoms in total. The molecule has 0 fully saturated rings. The molecule has 0 radical (unpaired) electrons. The first-order chi connectivity index (χ1) is 15.3. The summed E-state index contributed by atoms with van der Waals surface area (Å²) in [4.78, 5) is 24.9. The lowest BCUT2D eigenvalue weighted by atomic mass is 10.00. The van der Waals surface area contributed by atoms with Crippen molar-refractivity contribution in [2.45, 2.75) is 23.7 Å². The van der Waals surface area contributed by atoms with Crippen LogP contribution < -0.4 is 10.6 Å². The van der Waals surface area contributed by atoms with Crippen molar-refractivity contribution in [2.24, 2.45) is 0 Å². The largest absolute Gasteiger partial charge is 0.326 e. The van der Waals surface area contributed by atoms with E-state index in [4.69, 9.17) is 0 Å². The number of nitrogens with one attached hydrogen (secondary N) is 2. The maximum atomic E-state index is 13.3. The fourth-order valence-corrected chi connectivity index (χ4v) is 5.62. The molecule has 1 atom stereocenters. The highest BCUT2D eigenvalue weighted by atomic mass is 79.9. The molecular formula is C24H21BrN2O4S. The summed E-state index contributed by atoms with van der Waals surface area (Å²) in [5.41, 5.74) is 2.59. The molecule has 32 heavy (non-hydrogen) atoms. The summed E-state index contributed by atoms with van der Waals surface area (Å²) in [5, 5.41) is 5.59. The van der Waals surface area contributed by atoms with Crippen molar-refractivity contribution in [3.63, 3.8) is 0 Å². The molecule has 3 aromatic rings. The fraction of sp³-hybridized carbons (Fsp3) is 0.167. The number of carbonyl (C=O) groups excluding carboxylic acids is 2. The number of rotatable bonds is 6. The van der Waals surface area contributed by atoms with Gasteiger partial charge >= 0.3 is 0 Å². The number of amides is 2. The van der Waals surface area contributed by atoms with Crippen LogP contribution >= 0.6 is 15.9 Å². The molecule has 4 rings (SSSR count). The average Bonchev–Trinajstić information content (AvgIpc) is 2.79. The van der Waals surface area contributed by atoms with Crippen molar-refractivity contribution < 1.29 is 18.0 Å². The third kappa shape index (κ3) is 4.92. The van der Waals surface area contributed by atoms with Crippen LogP contribution in [0.15, 0.2) is 82.2 Å². The van der Waals surface area contributed by atoms with Crippen LogP contribution in [0.2, 0.25) is 0 Å². The number of benzene rings is 3. The molecule has 2 amide bonds. The molecule has 0 aliphatic carbocycles. The van der Waals surface area contributed by atoms with Crippen LogP contribution in [0.4, 0.5) is 11.4 Å². The van der Waals surface area contributed by atoms with Crippen molar-refractivity contribution in [2.75, 3.05) is 16.4 Å². The van der Waals surface area contributed by atoms with E-state index in [1.54, 1.807) is 54.6 Å². The average molecular weight is 513 g/mol. The summed E-state index contributed by atoms with van der Waals surface area (Å²) < 4.78 is 27.3. The van der Waals surface area contributed by atoms with Gasteiger partial charge in [-0.25, -0.2) is 8.42 Å². The minimum absolute atomic E-state index is 0.0824. The molecule has 1 aliphatic rings. The minimum Gasteiger partial charge on any atom is -0.326 e. The van der Waals surface area contributed by atoms with Crippen molar-refractivity contribution in [3.05, 3.63) is 88.4 Å². The topological polar surface area (TPSA) is 92.3 Å². The SMILES string of the molecule is O=C1CCc2cc(S(=O)(=O)CC(C(=O)Nc3ccccc3Br)c3ccccc3)ccc2N1. The molecule has 1 unspecified atom stereocenters. The highest BCUT2D eigenvalue weighted by molar-refractivity contribution is 9.10. The molecule has 0 saturated carbocycles. The van der Waals surface area contributed by atoms with Crippen LogP contribution in [0, 0.1) is 0 Å². The lowest BCUT2D eigenvalue weighted by Crippen LogP contribution is -2.28. The van der Waals surface area contributed by atoms with E-state index >= 15 is 0 Å². The summed E-state index contributed by atoms with van der Waals surface area (Å²) in [6.45, 7) is 0. The highest BCUT2D eigenvalue weighted by Crippen LogP contribution is 2.29. The molecule has 1 heterocycles. The van der Waals surface area contributed by atoms with E-state index in [0.717, 1.165) is 5.56 Å². The van der Waals surface area contributed by atoms with E-state index in [9.17, 15) is 18.0 Å². The number of carbonyl (C=O) groups is 2. The van der Waals surface area contributed by atoms with Crippen molar-refractivity contribution >= 4 is 49.0 Å². The summed E-state index contributed by atoms with van der Waals surface area (Å²) in [7, 11) is -3.79. The minimum atomic E-state index is -3.79. The van der Waals surface area contributed by atoms with Crippen molar-refractivity contribution in [1.82, 2.24) is 0 Å². The molecule has 2 N–H and O–H groups in total. The number of halogens is 1. The fourth-order valence-electron chi connectivity index (χ4n) is 3.66. The van der Waals surface area contributed by atoms with Gasteiger partial charge < -0.3 is 10.6 Å². The van der Waals surface area contributed by atoms with Gasteiger partial charge in [-0.2, -0.15) is 0 Å². The van der Waals surface area contributed by atoms with Gasteiger partial charge in [-0.1, -0.05) is 42.5 Å². The number of anilines is 2. The number of aryl methyl sites for hydroxylation is 1. The number of fused-ring (bicyclic) bond motifs is 1. The van der Waals surface area contributed by atoms with Crippen LogP contribution in [-0.4, -0.2) is 26.0 Å². The lowest BCUT2D eigenvalue weighted by Gasteiger charge is -2.20. The van der Waals surface area contributed by atoms with Crippen molar-refractivity contribution in [3.8, 4) is 0 Å². The molecule has 164 valence electrons. The Morgan fingerprint density at radius 3 is 2.47 bits per heavy atom. The molecule has 0 spiro atoms. The highest BCUT2D eigenvalue weighted by Gasteiger charge is 2.29. The van der Waals surface area contributed by atoms with E-state index in [1.165, 1.54) is 6.07 Å². The molecular weight excluding hydrogens is 492 g/mol. The maximum absolute atomic E-state index is 13.3. The summed E-state index contributed by atoms with van der Waals surface area (Å²) in [6.07, 6.45) is 0.798. The second-order valence-corrected chi connectivity index (χ2v) is 10.5. The van der Waals surface area contributed by atoms with Gasteiger partial charge in [-0.15, -0.1) is 0 Å². The Labute approximate surface area is 195 Å². The van der Waals surface area contributed by atoms with Crippen LogP contribution in [0.1, 0.15) is 23.5 Å². The first-order valence-corrected chi connectivity index (χ1v) is 12.5. The van der Waals surface area contributed by atoms with Gasteiger partial charge in [0.15, 0.2) is 9.84 Å². The Balaban J connectivity index is 1.64. The third-order valence-corrected chi connectivity index (χ3v) is 7.80. The Kier molecular flexibility index (Phi) is 6.43. The standard InChI is InChI=1S/C24H21BrN2O4S/c25-20-8-4-5-9-22(20)27-24(29)19(16-6-2-1-3-7-16)15-32(30,31)18-11-12-21-17(14-18)10-13-23(28)26-21/h1-9,11-12,14,19H,10,13,15H2,(H,26,28)(H,27,29). The van der Waals surface area contributed by atoms with E-state index in [1.807, 2.05) is 12.1 Å². The quantitative estimate of drug-likeness (QED) is 0.507. The first-order valence-electron chi connectivity index (χ1n) is 10.1. The summed E-state index contributed by atoms with van der Waals surface area (Å²) >= 11 is 3.40. The van der Waals surface area contributed by atoms with Crippen LogP contribution in [0.3, 0.4) is 0 Å². The van der Waals surface area contributed by atoms with Gasteiger partial charge in [0.2, 0.25) is 11.8 Å². The Bertz CT molecular complexity index is 1280. The number of sulfone groups is 1.